The summed E-state index contributed by atoms with van der Waals surface area (Å²) in [7, 11) is 2.27. The summed E-state index contributed by atoms with van der Waals surface area (Å²) in [5, 5.41) is 0. The highest BCUT2D eigenvalue weighted by molar-refractivity contribution is 4.58. The van der Waals surface area contributed by atoms with Crippen LogP contribution in [-0.4, -0.2) is 30.8 Å². The third-order valence-corrected chi connectivity index (χ3v) is 2.94. The molecule has 0 amide bonds. The fraction of sp³-hybridized carbons (Fsp3) is 1.00. The van der Waals surface area contributed by atoms with Crippen LogP contribution in [0.25, 0.3) is 0 Å². The minimum atomic E-state index is 0. The second-order valence-electron chi connectivity index (χ2n) is 3.58. The van der Waals surface area contributed by atoms with Crippen LogP contribution in [0.15, 0.2) is 0 Å². The molecular weight excluding hydrogens is 251 g/mol. The molecule has 0 aromatic rings. The molecular formula is C8H19IN2. The third kappa shape index (κ3) is 2.56. The Morgan fingerprint density at radius 1 is 1.45 bits per heavy atom. The van der Waals surface area contributed by atoms with E-state index in [1.54, 1.807) is 0 Å². The summed E-state index contributed by atoms with van der Waals surface area (Å²) in [5.74, 6) is 0. The van der Waals surface area contributed by atoms with Crippen molar-refractivity contribution in [3.05, 3.63) is 0 Å². The third-order valence-electron chi connectivity index (χ3n) is 2.94. The molecule has 1 saturated heterocycles. The molecule has 0 aromatic heterocycles. The molecule has 2 atom stereocenters. The molecule has 3 heteroatoms. The first-order valence-electron chi connectivity index (χ1n) is 4.29. The Bertz CT molecular complexity index is 119. The highest BCUT2D eigenvalue weighted by Crippen LogP contribution is 2.19. The van der Waals surface area contributed by atoms with Crippen LogP contribution in [0, 0.1) is 0 Å². The Kier molecular flexibility index (Phi) is 4.89. The Balaban J connectivity index is 0.000001000. The lowest BCUT2D eigenvalue weighted by atomic mass is 10.1. The molecule has 1 rings (SSSR count). The number of halogens is 1. The van der Waals surface area contributed by atoms with Crippen molar-refractivity contribution in [3.63, 3.8) is 0 Å². The van der Waals surface area contributed by atoms with E-state index < -0.39 is 0 Å². The van der Waals surface area contributed by atoms with Gasteiger partial charge in [0, 0.05) is 6.42 Å². The zero-order chi connectivity index (χ0) is 7.61. The van der Waals surface area contributed by atoms with Crippen molar-refractivity contribution in [1.82, 2.24) is 0 Å². The topological polar surface area (TPSA) is 26.0 Å². The lowest BCUT2D eigenvalue weighted by Gasteiger charge is -2.42. The van der Waals surface area contributed by atoms with Gasteiger partial charge in [0.05, 0.1) is 20.1 Å². The highest BCUT2D eigenvalue weighted by atomic mass is 127. The van der Waals surface area contributed by atoms with Crippen molar-refractivity contribution in [2.75, 3.05) is 20.1 Å². The molecule has 11 heavy (non-hydrogen) atoms. The van der Waals surface area contributed by atoms with Crippen molar-refractivity contribution >= 4 is 0 Å². The summed E-state index contributed by atoms with van der Waals surface area (Å²) in [6.07, 6.45) is 4.30. The zero-order valence-corrected chi connectivity index (χ0v) is 9.67. The molecule has 0 spiro atoms. The molecule has 68 valence electrons. The van der Waals surface area contributed by atoms with Crippen LogP contribution in [0.3, 0.4) is 0 Å². The number of hydrogen-bond donors (Lipinski definition) is 1. The first-order valence-corrected chi connectivity index (χ1v) is 4.29. The maximum absolute atomic E-state index is 6.00. The van der Waals surface area contributed by atoms with Crippen LogP contribution in [0.2, 0.25) is 0 Å². The van der Waals surface area contributed by atoms with E-state index in [0.29, 0.717) is 6.17 Å². The summed E-state index contributed by atoms with van der Waals surface area (Å²) in [5.41, 5.74) is 6.00. The van der Waals surface area contributed by atoms with E-state index in [1.165, 1.54) is 32.4 Å². The lowest BCUT2D eigenvalue weighted by molar-refractivity contribution is -0.936. The van der Waals surface area contributed by atoms with Crippen LogP contribution in [0.1, 0.15) is 26.2 Å². The number of quaternary nitrogens is 1. The molecule has 2 unspecified atom stereocenters. The van der Waals surface area contributed by atoms with Gasteiger partial charge in [-0.15, -0.1) is 0 Å². The normalized spacial score (nSPS) is 37.9. The quantitative estimate of drug-likeness (QED) is 0.430. The summed E-state index contributed by atoms with van der Waals surface area (Å²) in [6, 6.07) is 0. The van der Waals surface area contributed by atoms with E-state index >= 15 is 0 Å². The van der Waals surface area contributed by atoms with Crippen LogP contribution in [0.4, 0.5) is 0 Å². The average Bonchev–Trinajstić information content (AvgIpc) is 1.96. The summed E-state index contributed by atoms with van der Waals surface area (Å²) >= 11 is 0. The van der Waals surface area contributed by atoms with Gasteiger partial charge in [-0.25, -0.2) is 0 Å². The van der Waals surface area contributed by atoms with Crippen molar-refractivity contribution < 1.29 is 28.5 Å². The molecule has 0 aliphatic carbocycles. The zero-order valence-electron chi connectivity index (χ0n) is 7.52. The maximum Gasteiger partial charge on any atom is 0.140 e. The van der Waals surface area contributed by atoms with Crippen molar-refractivity contribution in [2.24, 2.45) is 5.73 Å². The highest BCUT2D eigenvalue weighted by Gasteiger charge is 2.30. The summed E-state index contributed by atoms with van der Waals surface area (Å²) in [6.45, 7) is 4.68. The van der Waals surface area contributed by atoms with E-state index in [1.807, 2.05) is 0 Å². The van der Waals surface area contributed by atoms with Crippen LogP contribution >= 0.6 is 0 Å². The van der Waals surface area contributed by atoms with E-state index in [4.69, 9.17) is 5.73 Å². The first kappa shape index (κ1) is 11.6. The number of nitrogens with two attached hydrogens (primary N) is 1. The van der Waals surface area contributed by atoms with Crippen LogP contribution in [-0.2, 0) is 0 Å². The van der Waals surface area contributed by atoms with E-state index in [-0.39, 0.29) is 24.0 Å². The van der Waals surface area contributed by atoms with Gasteiger partial charge >= 0.3 is 0 Å². The minimum Gasteiger partial charge on any atom is -1.00 e. The van der Waals surface area contributed by atoms with E-state index in [0.717, 1.165) is 4.48 Å². The number of piperidine rings is 1. The minimum absolute atomic E-state index is 0. The Morgan fingerprint density at radius 2 is 2.09 bits per heavy atom. The second kappa shape index (κ2) is 4.62. The van der Waals surface area contributed by atoms with Gasteiger partial charge in [-0.3, -0.25) is 5.73 Å². The molecule has 0 aromatic carbocycles. The predicted molar refractivity (Wildman–Crippen MR) is 43.4 cm³/mol. The first-order chi connectivity index (χ1) is 4.69. The van der Waals surface area contributed by atoms with E-state index in [2.05, 4.69) is 14.0 Å². The average molecular weight is 270 g/mol. The molecule has 1 heterocycles. The van der Waals surface area contributed by atoms with Gasteiger partial charge in [-0.05, 0) is 19.8 Å². The van der Waals surface area contributed by atoms with Gasteiger partial charge < -0.3 is 28.5 Å². The molecule has 1 fully saturated rings. The molecule has 0 radical (unpaired) electrons. The molecule has 0 saturated carbocycles. The summed E-state index contributed by atoms with van der Waals surface area (Å²) < 4.78 is 1.08. The maximum atomic E-state index is 6.00. The number of likely N-dealkylation sites (tertiary alicyclic amines) is 1. The number of hydrogen-bond acceptors (Lipinski definition) is 1. The number of nitrogens with zero attached hydrogens (tertiary/aromatic N) is 1. The van der Waals surface area contributed by atoms with Crippen LogP contribution in [0.5, 0.6) is 0 Å². The van der Waals surface area contributed by atoms with Gasteiger partial charge in [0.2, 0.25) is 0 Å². The van der Waals surface area contributed by atoms with Gasteiger partial charge in [0.25, 0.3) is 0 Å². The van der Waals surface area contributed by atoms with Gasteiger partial charge in [-0.2, -0.15) is 0 Å². The van der Waals surface area contributed by atoms with Gasteiger partial charge in [-0.1, -0.05) is 0 Å². The fourth-order valence-corrected chi connectivity index (χ4v) is 1.70. The molecule has 2 N–H and O–H groups in total. The monoisotopic (exact) mass is 270 g/mol. The van der Waals surface area contributed by atoms with Gasteiger partial charge in [0.1, 0.15) is 6.17 Å². The number of rotatable bonds is 1. The van der Waals surface area contributed by atoms with Crippen molar-refractivity contribution in [3.8, 4) is 0 Å². The van der Waals surface area contributed by atoms with Gasteiger partial charge in [0.15, 0.2) is 0 Å². The molecule has 1 aliphatic rings. The Morgan fingerprint density at radius 3 is 2.45 bits per heavy atom. The van der Waals surface area contributed by atoms with Crippen molar-refractivity contribution in [2.45, 2.75) is 32.4 Å². The SMILES string of the molecule is CC[N+]1(C)CCCCC1N.[I-]. The Labute approximate surface area is 86.7 Å². The molecule has 1 aliphatic heterocycles. The molecule has 0 bridgehead atoms. The molecule has 2 nitrogen and oxygen atoms in total. The smallest absolute Gasteiger partial charge is 0.140 e. The fourth-order valence-electron chi connectivity index (χ4n) is 1.70. The largest absolute Gasteiger partial charge is 1.00 e. The predicted octanol–water partition coefficient (Wildman–Crippen LogP) is -2.07. The van der Waals surface area contributed by atoms with Crippen LogP contribution < -0.4 is 29.7 Å². The van der Waals surface area contributed by atoms with E-state index in [9.17, 15) is 0 Å². The lowest BCUT2D eigenvalue weighted by Crippen LogP contribution is -3.00. The van der Waals surface area contributed by atoms with Crippen molar-refractivity contribution in [1.29, 1.82) is 0 Å². The Hall–Kier alpha value is 0.650. The second-order valence-corrected chi connectivity index (χ2v) is 3.58. The summed E-state index contributed by atoms with van der Waals surface area (Å²) in [4.78, 5) is 0. The standard InChI is InChI=1S/C8H19N2.HI/c1-3-10(2)7-5-4-6-8(10)9;/h8H,3-7,9H2,1-2H3;1H/q+1;/p-1.